The number of nitrogens with one attached hydrogen (secondary N) is 1. The number of hydrogen-bond donors (Lipinski definition) is 1. The zero-order chi connectivity index (χ0) is 19.6. The molecular weight excluding hydrogens is 344 g/mol. The van der Waals surface area contributed by atoms with Gasteiger partial charge in [-0.3, -0.25) is 14.3 Å². The van der Waals surface area contributed by atoms with Crippen LogP contribution in [0.15, 0.2) is 24.4 Å². The molecule has 1 atom stereocenters. The summed E-state index contributed by atoms with van der Waals surface area (Å²) in [7, 11) is 3.37. The maximum absolute atomic E-state index is 13.1. The van der Waals surface area contributed by atoms with Gasteiger partial charge in [0.1, 0.15) is 11.8 Å². The Kier molecular flexibility index (Phi) is 5.48. The van der Waals surface area contributed by atoms with Gasteiger partial charge in [0.25, 0.3) is 5.91 Å². The molecule has 0 radical (unpaired) electrons. The first-order chi connectivity index (χ1) is 12.9. The number of carbonyl (C=O) groups excluding carboxylic acids is 2. The standard InChI is InChI=1S/C20H26N4O3/c1-5-15-14(12-23(3)22-15)20(26)24-10-6-7-17(24)19(25)21-16-11-13(2)8-9-18(16)27-4/h8-9,11-12,17H,5-7,10H2,1-4H3,(H,21,25). The summed E-state index contributed by atoms with van der Waals surface area (Å²) in [4.78, 5) is 27.6. The number of rotatable bonds is 5. The SMILES string of the molecule is CCc1nn(C)cc1C(=O)N1CCCC1C(=O)Nc1cc(C)ccc1OC. The molecule has 3 rings (SSSR count). The second-order valence-corrected chi connectivity index (χ2v) is 6.87. The number of benzene rings is 1. The zero-order valence-corrected chi connectivity index (χ0v) is 16.3. The molecule has 1 unspecified atom stereocenters. The zero-order valence-electron chi connectivity index (χ0n) is 16.3. The Hall–Kier alpha value is -2.83. The highest BCUT2D eigenvalue weighted by Crippen LogP contribution is 2.28. The van der Waals surface area contributed by atoms with Crippen molar-refractivity contribution in [1.82, 2.24) is 14.7 Å². The van der Waals surface area contributed by atoms with Crippen LogP contribution >= 0.6 is 0 Å². The summed E-state index contributed by atoms with van der Waals surface area (Å²) < 4.78 is 6.98. The largest absolute Gasteiger partial charge is 0.495 e. The summed E-state index contributed by atoms with van der Waals surface area (Å²) in [6.07, 6.45) is 3.86. The first-order valence-corrected chi connectivity index (χ1v) is 9.23. The van der Waals surface area contributed by atoms with Crippen LogP contribution in [0.3, 0.4) is 0 Å². The van der Waals surface area contributed by atoms with Crippen molar-refractivity contribution < 1.29 is 14.3 Å². The van der Waals surface area contributed by atoms with E-state index in [-0.39, 0.29) is 11.8 Å². The van der Waals surface area contributed by atoms with E-state index in [1.165, 1.54) is 0 Å². The number of aryl methyl sites for hydroxylation is 3. The van der Waals surface area contributed by atoms with Crippen molar-refractivity contribution in [2.75, 3.05) is 19.0 Å². The van der Waals surface area contributed by atoms with Crippen LogP contribution in [0.2, 0.25) is 0 Å². The molecule has 2 amide bonds. The fraction of sp³-hybridized carbons (Fsp3) is 0.450. The van der Waals surface area contributed by atoms with Gasteiger partial charge in [-0.2, -0.15) is 5.10 Å². The van der Waals surface area contributed by atoms with Gasteiger partial charge in [-0.15, -0.1) is 0 Å². The summed E-state index contributed by atoms with van der Waals surface area (Å²) in [6.45, 7) is 4.49. The van der Waals surface area contributed by atoms with Gasteiger partial charge < -0.3 is 15.0 Å². The van der Waals surface area contributed by atoms with Crippen LogP contribution in [0.4, 0.5) is 5.69 Å². The lowest BCUT2D eigenvalue weighted by molar-refractivity contribution is -0.119. The molecule has 7 nitrogen and oxygen atoms in total. The molecule has 0 saturated carbocycles. The average Bonchev–Trinajstić information content (AvgIpc) is 3.27. The number of anilines is 1. The van der Waals surface area contributed by atoms with Crippen LogP contribution < -0.4 is 10.1 Å². The summed E-state index contributed by atoms with van der Waals surface area (Å²) in [5.41, 5.74) is 2.98. The molecule has 1 aromatic heterocycles. The molecule has 0 spiro atoms. The molecule has 1 aliphatic rings. The van der Waals surface area contributed by atoms with Gasteiger partial charge in [0, 0.05) is 19.8 Å². The highest BCUT2D eigenvalue weighted by Gasteiger charge is 2.36. The van der Waals surface area contributed by atoms with E-state index in [1.54, 1.807) is 29.9 Å². The molecule has 2 aromatic rings. The Morgan fingerprint density at radius 1 is 1.37 bits per heavy atom. The molecular formula is C20H26N4O3. The van der Waals surface area contributed by atoms with Gasteiger partial charge in [0.15, 0.2) is 0 Å². The predicted octanol–water partition coefficient (Wildman–Crippen LogP) is 2.54. The quantitative estimate of drug-likeness (QED) is 0.877. The Morgan fingerprint density at radius 3 is 2.85 bits per heavy atom. The highest BCUT2D eigenvalue weighted by molar-refractivity contribution is 6.02. The second-order valence-electron chi connectivity index (χ2n) is 6.87. The van der Waals surface area contributed by atoms with E-state index in [2.05, 4.69) is 10.4 Å². The first kappa shape index (κ1) is 18.9. The maximum atomic E-state index is 13.1. The summed E-state index contributed by atoms with van der Waals surface area (Å²) >= 11 is 0. The van der Waals surface area contributed by atoms with E-state index in [1.807, 2.05) is 32.0 Å². The lowest BCUT2D eigenvalue weighted by Crippen LogP contribution is -2.43. The molecule has 2 heterocycles. The predicted molar refractivity (Wildman–Crippen MR) is 103 cm³/mol. The van der Waals surface area contributed by atoms with Crippen molar-refractivity contribution in [3.8, 4) is 5.75 Å². The monoisotopic (exact) mass is 370 g/mol. The van der Waals surface area contributed by atoms with Gasteiger partial charge in [-0.05, 0) is 43.9 Å². The molecule has 27 heavy (non-hydrogen) atoms. The Balaban J connectivity index is 1.80. The highest BCUT2D eigenvalue weighted by atomic mass is 16.5. The third-order valence-corrected chi connectivity index (χ3v) is 4.90. The van der Waals surface area contributed by atoms with Crippen LogP contribution in [0.5, 0.6) is 5.75 Å². The minimum Gasteiger partial charge on any atom is -0.495 e. The smallest absolute Gasteiger partial charge is 0.258 e. The van der Waals surface area contributed by atoms with E-state index in [0.29, 0.717) is 36.4 Å². The fourth-order valence-corrected chi connectivity index (χ4v) is 3.55. The lowest BCUT2D eigenvalue weighted by Gasteiger charge is -2.24. The van der Waals surface area contributed by atoms with Gasteiger partial charge in [-0.25, -0.2) is 0 Å². The Labute approximate surface area is 159 Å². The summed E-state index contributed by atoms with van der Waals surface area (Å²) in [5.74, 6) is 0.283. The van der Waals surface area contributed by atoms with Gasteiger partial charge >= 0.3 is 0 Å². The summed E-state index contributed by atoms with van der Waals surface area (Å²) in [5, 5.41) is 7.28. The molecule has 1 fully saturated rings. The number of aromatic nitrogens is 2. The maximum Gasteiger partial charge on any atom is 0.258 e. The average molecular weight is 370 g/mol. The molecule has 0 bridgehead atoms. The van der Waals surface area contributed by atoms with E-state index >= 15 is 0 Å². The topological polar surface area (TPSA) is 76.5 Å². The fourth-order valence-electron chi connectivity index (χ4n) is 3.55. The minimum absolute atomic E-state index is 0.131. The number of likely N-dealkylation sites (tertiary alicyclic amines) is 1. The van der Waals surface area contributed by atoms with Crippen molar-refractivity contribution in [3.05, 3.63) is 41.2 Å². The Morgan fingerprint density at radius 2 is 2.15 bits per heavy atom. The van der Waals surface area contributed by atoms with Crippen LogP contribution in [0, 0.1) is 6.92 Å². The number of methoxy groups -OCH3 is 1. The van der Waals surface area contributed by atoms with Crippen molar-refractivity contribution in [2.24, 2.45) is 7.05 Å². The third-order valence-electron chi connectivity index (χ3n) is 4.90. The number of carbonyl (C=O) groups is 2. The molecule has 144 valence electrons. The summed E-state index contributed by atoms with van der Waals surface area (Å²) in [6, 6.07) is 5.13. The molecule has 1 aromatic carbocycles. The number of hydrogen-bond acceptors (Lipinski definition) is 4. The molecule has 0 aliphatic carbocycles. The first-order valence-electron chi connectivity index (χ1n) is 9.23. The lowest BCUT2D eigenvalue weighted by atomic mass is 10.1. The second kappa shape index (κ2) is 7.82. The number of amides is 2. The van der Waals surface area contributed by atoms with E-state index in [4.69, 9.17) is 4.74 Å². The van der Waals surface area contributed by atoms with Crippen LogP contribution in [0.25, 0.3) is 0 Å². The van der Waals surface area contributed by atoms with Gasteiger partial charge in [-0.1, -0.05) is 13.0 Å². The molecule has 1 aliphatic heterocycles. The normalized spacial score (nSPS) is 16.4. The third kappa shape index (κ3) is 3.82. The van der Waals surface area contributed by atoms with Crippen LogP contribution in [0.1, 0.15) is 41.4 Å². The minimum atomic E-state index is -0.493. The van der Waals surface area contributed by atoms with Crippen molar-refractivity contribution >= 4 is 17.5 Å². The number of nitrogens with zero attached hydrogens (tertiary/aromatic N) is 3. The van der Waals surface area contributed by atoms with E-state index < -0.39 is 6.04 Å². The van der Waals surface area contributed by atoms with Crippen molar-refractivity contribution in [1.29, 1.82) is 0 Å². The Bertz CT molecular complexity index is 859. The number of ether oxygens (including phenoxy) is 1. The van der Waals surface area contributed by atoms with Gasteiger partial charge in [0.05, 0.1) is 24.1 Å². The van der Waals surface area contributed by atoms with Crippen LogP contribution in [-0.2, 0) is 18.3 Å². The van der Waals surface area contributed by atoms with Crippen molar-refractivity contribution in [3.63, 3.8) is 0 Å². The van der Waals surface area contributed by atoms with Gasteiger partial charge in [0.2, 0.25) is 5.91 Å². The molecule has 1 N–H and O–H groups in total. The molecule has 7 heteroatoms. The van der Waals surface area contributed by atoms with E-state index in [0.717, 1.165) is 17.7 Å². The van der Waals surface area contributed by atoms with E-state index in [9.17, 15) is 9.59 Å². The molecule has 1 saturated heterocycles. The van der Waals surface area contributed by atoms with Crippen molar-refractivity contribution in [2.45, 2.75) is 39.2 Å². The van der Waals surface area contributed by atoms with Crippen LogP contribution in [-0.4, -0.2) is 46.2 Å².